The highest BCUT2D eigenvalue weighted by molar-refractivity contribution is 5.82. The van der Waals surface area contributed by atoms with Gasteiger partial charge in [0.1, 0.15) is 12.2 Å². The number of carbonyl (C=O) groups is 2. The highest BCUT2D eigenvalue weighted by atomic mass is 16.6. The van der Waals surface area contributed by atoms with E-state index in [0.717, 1.165) is 0 Å². The molecular weight excluding hydrogens is 246 g/mol. The first kappa shape index (κ1) is 14.3. The lowest BCUT2D eigenvalue weighted by atomic mass is 9.84. The Morgan fingerprint density at radius 2 is 2.16 bits per heavy atom. The summed E-state index contributed by atoms with van der Waals surface area (Å²) in [6.45, 7) is 8.37. The van der Waals surface area contributed by atoms with Gasteiger partial charge in [-0.3, -0.25) is 4.79 Å². The first-order chi connectivity index (χ1) is 8.71. The second kappa shape index (κ2) is 4.78. The Hall–Kier alpha value is -1.10. The fraction of sp³-hybridized carbons (Fsp3) is 0.857. The van der Waals surface area contributed by atoms with Gasteiger partial charge in [0.2, 0.25) is 0 Å². The highest BCUT2D eigenvalue weighted by Gasteiger charge is 2.46. The summed E-state index contributed by atoms with van der Waals surface area (Å²) in [5, 5.41) is 0. The van der Waals surface area contributed by atoms with Gasteiger partial charge in [0.15, 0.2) is 5.78 Å². The van der Waals surface area contributed by atoms with E-state index in [0.29, 0.717) is 25.8 Å². The molecule has 2 heterocycles. The minimum absolute atomic E-state index is 0.0366. The minimum atomic E-state index is -0.480. The Bertz CT molecular complexity index is 387. The molecule has 0 bridgehead atoms. The molecule has 5 heteroatoms. The standard InChI is InChI=1S/C14H23NO4/c1-10-7-14(8-11(16)9-18-14)5-6-15(10)12(17)19-13(2,3)4/h10H,5-9H2,1-4H3. The second-order valence-corrected chi connectivity index (χ2v) is 6.66. The van der Waals surface area contributed by atoms with Crippen LogP contribution in [0.5, 0.6) is 0 Å². The molecule has 2 fully saturated rings. The average Bonchev–Trinajstić information content (AvgIpc) is 2.57. The van der Waals surface area contributed by atoms with Crippen molar-refractivity contribution in [3.05, 3.63) is 0 Å². The molecular formula is C14H23NO4. The number of Topliss-reactive ketones (excluding diaryl/α,β-unsaturated/α-hetero) is 1. The van der Waals surface area contributed by atoms with Gasteiger partial charge in [-0.15, -0.1) is 0 Å². The van der Waals surface area contributed by atoms with Crippen LogP contribution in [-0.2, 0) is 14.3 Å². The first-order valence-corrected chi connectivity index (χ1v) is 6.86. The van der Waals surface area contributed by atoms with Gasteiger partial charge in [-0.25, -0.2) is 4.79 Å². The number of likely N-dealkylation sites (tertiary alicyclic amines) is 1. The van der Waals surface area contributed by atoms with Gasteiger partial charge >= 0.3 is 6.09 Å². The van der Waals surface area contributed by atoms with Gasteiger partial charge in [0, 0.05) is 19.0 Å². The largest absolute Gasteiger partial charge is 0.444 e. The number of ether oxygens (including phenoxy) is 2. The van der Waals surface area contributed by atoms with E-state index in [1.807, 2.05) is 27.7 Å². The summed E-state index contributed by atoms with van der Waals surface area (Å²) in [5.74, 6) is 0.165. The van der Waals surface area contributed by atoms with E-state index in [1.165, 1.54) is 0 Å². The van der Waals surface area contributed by atoms with Crippen LogP contribution in [0.15, 0.2) is 0 Å². The maximum absolute atomic E-state index is 12.1. The van der Waals surface area contributed by atoms with E-state index >= 15 is 0 Å². The fourth-order valence-electron chi connectivity index (χ4n) is 2.87. The van der Waals surface area contributed by atoms with Crippen LogP contribution >= 0.6 is 0 Å². The average molecular weight is 269 g/mol. The SMILES string of the molecule is CC1CC2(CCN1C(=O)OC(C)(C)C)CC(=O)CO2. The number of ketones is 1. The fourth-order valence-corrected chi connectivity index (χ4v) is 2.87. The summed E-state index contributed by atoms with van der Waals surface area (Å²) in [6.07, 6.45) is 1.62. The van der Waals surface area contributed by atoms with Crippen LogP contribution < -0.4 is 0 Å². The van der Waals surface area contributed by atoms with E-state index < -0.39 is 5.60 Å². The number of carbonyl (C=O) groups excluding carboxylic acids is 2. The zero-order chi connectivity index (χ0) is 14.3. The molecule has 2 unspecified atom stereocenters. The lowest BCUT2D eigenvalue weighted by Gasteiger charge is -2.42. The van der Waals surface area contributed by atoms with Gasteiger partial charge < -0.3 is 14.4 Å². The Kier molecular flexibility index (Phi) is 3.60. The monoisotopic (exact) mass is 269 g/mol. The third-order valence-corrected chi connectivity index (χ3v) is 3.69. The predicted octanol–water partition coefficient (Wildman–Crippen LogP) is 2.13. The van der Waals surface area contributed by atoms with Crippen LogP contribution in [0.1, 0.15) is 47.0 Å². The van der Waals surface area contributed by atoms with Crippen molar-refractivity contribution in [2.24, 2.45) is 0 Å². The van der Waals surface area contributed by atoms with E-state index in [-0.39, 0.29) is 30.1 Å². The van der Waals surface area contributed by atoms with Gasteiger partial charge in [-0.05, 0) is 40.5 Å². The normalized spacial score (nSPS) is 31.9. The molecule has 2 aliphatic heterocycles. The molecule has 19 heavy (non-hydrogen) atoms. The molecule has 5 nitrogen and oxygen atoms in total. The van der Waals surface area contributed by atoms with Crippen LogP contribution in [0.25, 0.3) is 0 Å². The van der Waals surface area contributed by atoms with E-state index in [9.17, 15) is 9.59 Å². The third-order valence-electron chi connectivity index (χ3n) is 3.69. The van der Waals surface area contributed by atoms with Crippen LogP contribution in [0.3, 0.4) is 0 Å². The molecule has 0 radical (unpaired) electrons. The van der Waals surface area contributed by atoms with Crippen molar-refractivity contribution >= 4 is 11.9 Å². The maximum atomic E-state index is 12.1. The zero-order valence-corrected chi connectivity index (χ0v) is 12.2. The van der Waals surface area contributed by atoms with E-state index in [4.69, 9.17) is 9.47 Å². The molecule has 2 rings (SSSR count). The van der Waals surface area contributed by atoms with Crippen molar-refractivity contribution in [2.45, 2.75) is 64.2 Å². The number of rotatable bonds is 0. The Morgan fingerprint density at radius 3 is 2.63 bits per heavy atom. The van der Waals surface area contributed by atoms with Crippen molar-refractivity contribution in [3.63, 3.8) is 0 Å². The summed E-state index contributed by atoms with van der Waals surface area (Å²) >= 11 is 0. The predicted molar refractivity (Wildman–Crippen MR) is 69.9 cm³/mol. The molecule has 1 amide bonds. The molecule has 0 N–H and O–H groups in total. The van der Waals surface area contributed by atoms with E-state index in [2.05, 4.69) is 0 Å². The maximum Gasteiger partial charge on any atom is 0.410 e. The number of hydrogen-bond donors (Lipinski definition) is 0. The van der Waals surface area contributed by atoms with Crippen LogP contribution in [-0.4, -0.2) is 47.2 Å². The van der Waals surface area contributed by atoms with Gasteiger partial charge in [-0.1, -0.05) is 0 Å². The van der Waals surface area contributed by atoms with Crippen molar-refractivity contribution < 1.29 is 19.1 Å². The smallest absolute Gasteiger partial charge is 0.410 e. The van der Waals surface area contributed by atoms with Crippen LogP contribution in [0.2, 0.25) is 0 Å². The Morgan fingerprint density at radius 1 is 1.47 bits per heavy atom. The summed E-state index contributed by atoms with van der Waals surface area (Å²) < 4.78 is 11.1. The van der Waals surface area contributed by atoms with Gasteiger partial charge in [0.25, 0.3) is 0 Å². The number of piperidine rings is 1. The third kappa shape index (κ3) is 3.26. The number of amides is 1. The molecule has 0 aliphatic carbocycles. The molecule has 0 aromatic heterocycles. The number of nitrogens with zero attached hydrogens (tertiary/aromatic N) is 1. The zero-order valence-electron chi connectivity index (χ0n) is 12.2. The summed E-state index contributed by atoms with van der Waals surface area (Å²) in [7, 11) is 0. The summed E-state index contributed by atoms with van der Waals surface area (Å²) in [5.41, 5.74) is -0.819. The van der Waals surface area contributed by atoms with E-state index in [1.54, 1.807) is 4.90 Å². The molecule has 2 saturated heterocycles. The topological polar surface area (TPSA) is 55.8 Å². The van der Waals surface area contributed by atoms with Gasteiger partial charge in [-0.2, -0.15) is 0 Å². The summed E-state index contributed by atoms with van der Waals surface area (Å²) in [6, 6.07) is 0.0366. The Balaban J connectivity index is 1.97. The number of hydrogen-bond acceptors (Lipinski definition) is 4. The lowest BCUT2D eigenvalue weighted by molar-refractivity contribution is -0.118. The van der Waals surface area contributed by atoms with Crippen molar-refractivity contribution in [1.29, 1.82) is 0 Å². The lowest BCUT2D eigenvalue weighted by Crippen LogP contribution is -2.52. The molecule has 2 atom stereocenters. The molecule has 0 aromatic carbocycles. The van der Waals surface area contributed by atoms with Crippen LogP contribution in [0, 0.1) is 0 Å². The van der Waals surface area contributed by atoms with Gasteiger partial charge in [0.05, 0.1) is 5.60 Å². The molecule has 1 spiro atoms. The second-order valence-electron chi connectivity index (χ2n) is 6.66. The van der Waals surface area contributed by atoms with Crippen LogP contribution in [0.4, 0.5) is 4.79 Å². The van der Waals surface area contributed by atoms with Crippen molar-refractivity contribution in [2.75, 3.05) is 13.2 Å². The van der Waals surface area contributed by atoms with Crippen molar-refractivity contribution in [3.8, 4) is 0 Å². The molecule has 0 aromatic rings. The Labute approximate surface area is 114 Å². The van der Waals surface area contributed by atoms with Crippen molar-refractivity contribution in [1.82, 2.24) is 4.90 Å². The molecule has 0 saturated carbocycles. The minimum Gasteiger partial charge on any atom is -0.444 e. The first-order valence-electron chi connectivity index (χ1n) is 6.86. The highest BCUT2D eigenvalue weighted by Crippen LogP contribution is 2.37. The summed E-state index contributed by atoms with van der Waals surface area (Å²) in [4.78, 5) is 25.2. The molecule has 108 valence electrons. The quantitative estimate of drug-likeness (QED) is 0.676. The molecule has 2 aliphatic rings.